The summed E-state index contributed by atoms with van der Waals surface area (Å²) in [5.74, 6) is 2.37. The molecule has 0 aromatic heterocycles. The Morgan fingerprint density at radius 3 is 2.74 bits per heavy atom. The zero-order chi connectivity index (χ0) is 21.9. The molecule has 0 unspecified atom stereocenters. The number of piperidine rings is 1. The van der Waals surface area contributed by atoms with Gasteiger partial charge in [-0.1, -0.05) is 19.1 Å². The molecule has 1 aliphatic carbocycles. The molecule has 1 aromatic rings. The molecular weight excluding hydrogens is 390 g/mol. The third-order valence-corrected chi connectivity index (χ3v) is 5.79. The van der Waals surface area contributed by atoms with E-state index in [1.807, 2.05) is 24.3 Å². The fourth-order valence-corrected chi connectivity index (χ4v) is 3.69. The standard InChI is InChI=1S/C24H39N5O2/c1-3-25-24(26-12-5-13-29-14-10-19(2)11-15-29)27-17-20-6-4-7-22(16-20)31-18-23(30)28-21-8-9-21/h4,6-7,16,19,21H,3,5,8-15,17-18H2,1-2H3,(H,28,30)(H2,25,26,27). The van der Waals surface area contributed by atoms with Crippen LogP contribution >= 0.6 is 0 Å². The molecule has 2 fully saturated rings. The van der Waals surface area contributed by atoms with E-state index in [1.54, 1.807) is 0 Å². The number of ether oxygens (including phenoxy) is 1. The van der Waals surface area contributed by atoms with Crippen molar-refractivity contribution in [3.8, 4) is 5.75 Å². The number of nitrogens with one attached hydrogen (secondary N) is 3. The van der Waals surface area contributed by atoms with Gasteiger partial charge in [0.2, 0.25) is 0 Å². The van der Waals surface area contributed by atoms with Crippen molar-refractivity contribution in [1.82, 2.24) is 20.9 Å². The molecule has 31 heavy (non-hydrogen) atoms. The van der Waals surface area contributed by atoms with Crippen LogP contribution in [0.2, 0.25) is 0 Å². The lowest BCUT2D eigenvalue weighted by Gasteiger charge is -2.30. The van der Waals surface area contributed by atoms with E-state index in [4.69, 9.17) is 9.73 Å². The number of aliphatic imine (C=N–C) groups is 1. The summed E-state index contributed by atoms with van der Waals surface area (Å²) in [6, 6.07) is 8.16. The number of amides is 1. The van der Waals surface area contributed by atoms with E-state index < -0.39 is 0 Å². The highest BCUT2D eigenvalue weighted by Gasteiger charge is 2.23. The van der Waals surface area contributed by atoms with Crippen LogP contribution in [0.1, 0.15) is 51.5 Å². The lowest BCUT2D eigenvalue weighted by Crippen LogP contribution is -2.39. The van der Waals surface area contributed by atoms with E-state index in [9.17, 15) is 4.79 Å². The van der Waals surface area contributed by atoms with Crippen LogP contribution in [0, 0.1) is 5.92 Å². The third-order valence-electron chi connectivity index (χ3n) is 5.79. The minimum Gasteiger partial charge on any atom is -0.484 e. The smallest absolute Gasteiger partial charge is 0.258 e. The monoisotopic (exact) mass is 429 g/mol. The summed E-state index contributed by atoms with van der Waals surface area (Å²) < 4.78 is 5.64. The first kappa shape index (κ1) is 23.4. The first-order valence-corrected chi connectivity index (χ1v) is 11.9. The van der Waals surface area contributed by atoms with E-state index in [0.717, 1.165) is 56.3 Å². The van der Waals surface area contributed by atoms with Crippen molar-refractivity contribution in [3.05, 3.63) is 29.8 Å². The van der Waals surface area contributed by atoms with Crippen molar-refractivity contribution < 1.29 is 9.53 Å². The maximum Gasteiger partial charge on any atom is 0.258 e. The predicted octanol–water partition coefficient (Wildman–Crippen LogP) is 2.52. The summed E-state index contributed by atoms with van der Waals surface area (Å²) >= 11 is 0. The minimum atomic E-state index is -0.0522. The Morgan fingerprint density at radius 2 is 2.00 bits per heavy atom. The maximum atomic E-state index is 11.8. The Hall–Kier alpha value is -2.28. The van der Waals surface area contributed by atoms with Gasteiger partial charge in [0.1, 0.15) is 5.75 Å². The summed E-state index contributed by atoms with van der Waals surface area (Å²) in [6.45, 7) is 10.4. The quantitative estimate of drug-likeness (QED) is 0.286. The van der Waals surface area contributed by atoms with Crippen LogP contribution in [-0.4, -0.2) is 62.1 Å². The second kappa shape index (κ2) is 12.5. The van der Waals surface area contributed by atoms with Crippen LogP contribution in [0.15, 0.2) is 29.3 Å². The largest absolute Gasteiger partial charge is 0.484 e. The van der Waals surface area contributed by atoms with Gasteiger partial charge in [0, 0.05) is 19.1 Å². The number of likely N-dealkylation sites (tertiary alicyclic amines) is 1. The van der Waals surface area contributed by atoms with Gasteiger partial charge in [0.25, 0.3) is 5.91 Å². The van der Waals surface area contributed by atoms with Crippen molar-refractivity contribution in [3.63, 3.8) is 0 Å². The van der Waals surface area contributed by atoms with Gasteiger partial charge in [-0.25, -0.2) is 4.99 Å². The van der Waals surface area contributed by atoms with Crippen molar-refractivity contribution in [2.45, 2.75) is 58.5 Å². The number of hydrogen-bond acceptors (Lipinski definition) is 4. The van der Waals surface area contributed by atoms with E-state index in [-0.39, 0.29) is 12.5 Å². The van der Waals surface area contributed by atoms with Gasteiger partial charge in [-0.05, 0) is 82.3 Å². The molecule has 0 spiro atoms. The number of rotatable bonds is 11. The summed E-state index contributed by atoms with van der Waals surface area (Å²) in [4.78, 5) is 19.1. The van der Waals surface area contributed by atoms with Gasteiger partial charge in [-0.15, -0.1) is 0 Å². The number of hydrogen-bond donors (Lipinski definition) is 3. The highest BCUT2D eigenvalue weighted by Crippen LogP contribution is 2.19. The van der Waals surface area contributed by atoms with Gasteiger partial charge < -0.3 is 25.6 Å². The summed E-state index contributed by atoms with van der Waals surface area (Å²) in [6.07, 6.45) is 5.93. The molecule has 0 atom stereocenters. The van der Waals surface area contributed by atoms with Crippen LogP contribution in [-0.2, 0) is 11.3 Å². The number of guanidine groups is 1. The lowest BCUT2D eigenvalue weighted by atomic mass is 9.99. The van der Waals surface area contributed by atoms with Gasteiger partial charge >= 0.3 is 0 Å². The molecule has 3 N–H and O–H groups in total. The van der Waals surface area contributed by atoms with Gasteiger partial charge in [-0.2, -0.15) is 0 Å². The Kier molecular flexibility index (Phi) is 9.46. The molecule has 0 bridgehead atoms. The second-order valence-electron chi connectivity index (χ2n) is 8.78. The Balaban J connectivity index is 1.39. The molecule has 1 amide bonds. The highest BCUT2D eigenvalue weighted by molar-refractivity contribution is 5.79. The van der Waals surface area contributed by atoms with Gasteiger partial charge in [-0.3, -0.25) is 4.79 Å². The number of carbonyl (C=O) groups is 1. The molecule has 7 nitrogen and oxygen atoms in total. The topological polar surface area (TPSA) is 78.0 Å². The summed E-state index contributed by atoms with van der Waals surface area (Å²) in [5, 5.41) is 9.70. The van der Waals surface area contributed by atoms with Gasteiger partial charge in [0.15, 0.2) is 12.6 Å². The zero-order valence-electron chi connectivity index (χ0n) is 19.2. The Bertz CT molecular complexity index is 712. The second-order valence-corrected chi connectivity index (χ2v) is 8.78. The SMILES string of the molecule is CCNC(=NCc1cccc(OCC(=O)NC2CC2)c1)NCCCN1CCC(C)CC1. The van der Waals surface area contributed by atoms with Crippen molar-refractivity contribution >= 4 is 11.9 Å². The van der Waals surface area contributed by atoms with E-state index in [1.165, 1.54) is 25.9 Å². The van der Waals surface area contributed by atoms with Crippen LogP contribution in [0.5, 0.6) is 5.75 Å². The fourth-order valence-electron chi connectivity index (χ4n) is 3.69. The Morgan fingerprint density at radius 1 is 1.19 bits per heavy atom. The minimum absolute atomic E-state index is 0.0522. The molecule has 172 valence electrons. The molecule has 1 aliphatic heterocycles. The predicted molar refractivity (Wildman–Crippen MR) is 125 cm³/mol. The Labute approximate surface area is 187 Å². The van der Waals surface area contributed by atoms with Crippen molar-refractivity contribution in [2.24, 2.45) is 10.9 Å². The molecule has 7 heteroatoms. The maximum absolute atomic E-state index is 11.8. The summed E-state index contributed by atoms with van der Waals surface area (Å²) in [5.41, 5.74) is 1.06. The van der Waals surface area contributed by atoms with Gasteiger partial charge in [0.05, 0.1) is 6.54 Å². The van der Waals surface area contributed by atoms with Crippen LogP contribution in [0.3, 0.4) is 0 Å². The van der Waals surface area contributed by atoms with Crippen molar-refractivity contribution in [1.29, 1.82) is 0 Å². The molecule has 1 saturated heterocycles. The molecular formula is C24H39N5O2. The number of benzene rings is 1. The van der Waals surface area contributed by atoms with Crippen LogP contribution < -0.4 is 20.7 Å². The fraction of sp³-hybridized carbons (Fsp3) is 0.667. The molecule has 1 saturated carbocycles. The molecule has 1 aromatic carbocycles. The summed E-state index contributed by atoms with van der Waals surface area (Å²) in [7, 11) is 0. The lowest BCUT2D eigenvalue weighted by molar-refractivity contribution is -0.123. The van der Waals surface area contributed by atoms with Crippen molar-refractivity contribution in [2.75, 3.05) is 39.3 Å². The first-order chi connectivity index (χ1) is 15.1. The third kappa shape index (κ3) is 9.17. The van der Waals surface area contributed by atoms with Crippen LogP contribution in [0.25, 0.3) is 0 Å². The van der Waals surface area contributed by atoms with Crippen LogP contribution in [0.4, 0.5) is 0 Å². The zero-order valence-corrected chi connectivity index (χ0v) is 19.2. The normalized spacial score (nSPS) is 17.9. The van der Waals surface area contributed by atoms with E-state index >= 15 is 0 Å². The molecule has 3 rings (SSSR count). The van der Waals surface area contributed by atoms with E-state index in [0.29, 0.717) is 18.3 Å². The first-order valence-electron chi connectivity index (χ1n) is 11.9. The molecule has 0 radical (unpaired) electrons. The highest BCUT2D eigenvalue weighted by atomic mass is 16.5. The average molecular weight is 430 g/mol. The van der Waals surface area contributed by atoms with E-state index in [2.05, 4.69) is 34.7 Å². The molecule has 1 heterocycles. The number of nitrogens with zero attached hydrogens (tertiary/aromatic N) is 2. The average Bonchev–Trinajstić information content (AvgIpc) is 3.59. The molecule has 2 aliphatic rings. The number of carbonyl (C=O) groups excluding carboxylic acids is 1.